The number of carbonyl (C=O) groups is 2. The van der Waals surface area contributed by atoms with Gasteiger partial charge in [0.15, 0.2) is 0 Å². The first-order chi connectivity index (χ1) is 10.6. The molecule has 2 aromatic carbocycles. The van der Waals surface area contributed by atoms with Gasteiger partial charge in [0.25, 0.3) is 5.91 Å². The van der Waals surface area contributed by atoms with Crippen molar-refractivity contribution in [3.8, 4) is 0 Å². The number of nitrogens with zero attached hydrogens (tertiary/aromatic N) is 1. The summed E-state index contributed by atoms with van der Waals surface area (Å²) in [4.78, 5) is 26.0. The van der Waals surface area contributed by atoms with Crippen LogP contribution in [-0.2, 0) is 9.59 Å². The summed E-state index contributed by atoms with van der Waals surface area (Å²) < 4.78 is 0.729. The van der Waals surface area contributed by atoms with Crippen molar-refractivity contribution >= 4 is 39.1 Å². The lowest BCUT2D eigenvalue weighted by molar-refractivity contribution is -0.121. The van der Waals surface area contributed by atoms with E-state index < -0.39 is 6.04 Å². The quantitative estimate of drug-likeness (QED) is 0.854. The van der Waals surface area contributed by atoms with E-state index in [1.165, 1.54) is 4.90 Å². The predicted molar refractivity (Wildman–Crippen MR) is 89.8 cm³/mol. The van der Waals surface area contributed by atoms with Crippen molar-refractivity contribution in [2.45, 2.75) is 19.4 Å². The van der Waals surface area contributed by atoms with Crippen molar-refractivity contribution in [2.75, 3.05) is 10.2 Å². The molecule has 0 saturated carbocycles. The molecule has 1 unspecified atom stereocenters. The van der Waals surface area contributed by atoms with Gasteiger partial charge in [0.2, 0.25) is 5.91 Å². The molecular formula is C17H15BrN2O2. The number of benzene rings is 2. The van der Waals surface area contributed by atoms with Crippen molar-refractivity contribution in [3.05, 3.63) is 58.6 Å². The monoisotopic (exact) mass is 358 g/mol. The Morgan fingerprint density at radius 2 is 1.77 bits per heavy atom. The normalized spacial score (nSPS) is 17.9. The van der Waals surface area contributed by atoms with Crippen LogP contribution in [0.25, 0.3) is 0 Å². The number of nitrogens with one attached hydrogen (secondary N) is 1. The molecule has 1 aliphatic heterocycles. The Morgan fingerprint density at radius 3 is 2.45 bits per heavy atom. The standard InChI is InChI=1S/C17H15BrN2O2/c1-11-6-8-12(9-7-11)19-14-10-16(21)20(17(14)22)15-5-3-2-4-13(15)18/h2-9,14,19H,10H2,1H3. The number of amides is 2. The number of rotatable bonds is 3. The van der Waals surface area contributed by atoms with Crippen molar-refractivity contribution < 1.29 is 9.59 Å². The number of anilines is 2. The van der Waals surface area contributed by atoms with Gasteiger partial charge in [-0.25, -0.2) is 4.90 Å². The van der Waals surface area contributed by atoms with E-state index in [0.717, 1.165) is 15.7 Å². The zero-order valence-corrected chi connectivity index (χ0v) is 13.6. The van der Waals surface area contributed by atoms with Gasteiger partial charge in [-0.1, -0.05) is 29.8 Å². The summed E-state index contributed by atoms with van der Waals surface area (Å²) in [6.45, 7) is 2.00. The Morgan fingerprint density at radius 1 is 1.09 bits per heavy atom. The topological polar surface area (TPSA) is 49.4 Å². The number of para-hydroxylation sites is 1. The van der Waals surface area contributed by atoms with Crippen LogP contribution >= 0.6 is 15.9 Å². The summed E-state index contributed by atoms with van der Waals surface area (Å²) in [6, 6.07) is 14.5. The number of imide groups is 1. The Kier molecular flexibility index (Phi) is 3.98. The van der Waals surface area contributed by atoms with E-state index in [1.54, 1.807) is 12.1 Å². The molecule has 2 aromatic rings. The molecule has 1 N–H and O–H groups in total. The van der Waals surface area contributed by atoms with E-state index in [1.807, 2.05) is 43.3 Å². The highest BCUT2D eigenvalue weighted by Gasteiger charge is 2.40. The zero-order valence-electron chi connectivity index (χ0n) is 12.0. The molecule has 1 saturated heterocycles. The summed E-state index contributed by atoms with van der Waals surface area (Å²) in [7, 11) is 0. The van der Waals surface area contributed by atoms with Gasteiger partial charge in [-0.2, -0.15) is 0 Å². The molecule has 0 aromatic heterocycles. The maximum Gasteiger partial charge on any atom is 0.256 e. The molecule has 1 atom stereocenters. The van der Waals surface area contributed by atoms with E-state index in [-0.39, 0.29) is 18.2 Å². The summed E-state index contributed by atoms with van der Waals surface area (Å²) in [5.41, 5.74) is 2.57. The largest absolute Gasteiger partial charge is 0.373 e. The third-order valence-electron chi connectivity index (χ3n) is 3.63. The lowest BCUT2D eigenvalue weighted by Gasteiger charge is -2.17. The van der Waals surface area contributed by atoms with Gasteiger partial charge in [0, 0.05) is 10.2 Å². The fourth-order valence-electron chi connectivity index (χ4n) is 2.48. The minimum atomic E-state index is -0.526. The predicted octanol–water partition coefficient (Wildman–Crippen LogP) is 3.50. The minimum Gasteiger partial charge on any atom is -0.373 e. The first-order valence-electron chi connectivity index (χ1n) is 7.01. The maximum absolute atomic E-state index is 12.6. The second-order valence-electron chi connectivity index (χ2n) is 5.29. The van der Waals surface area contributed by atoms with Gasteiger partial charge >= 0.3 is 0 Å². The van der Waals surface area contributed by atoms with Gasteiger partial charge in [-0.3, -0.25) is 9.59 Å². The third kappa shape index (κ3) is 2.76. The average Bonchev–Trinajstić information content (AvgIpc) is 2.77. The Bertz CT molecular complexity index is 728. The first kappa shape index (κ1) is 14.8. The van der Waals surface area contributed by atoms with Gasteiger partial charge in [0.1, 0.15) is 6.04 Å². The van der Waals surface area contributed by atoms with Crippen LogP contribution < -0.4 is 10.2 Å². The number of carbonyl (C=O) groups excluding carboxylic acids is 2. The maximum atomic E-state index is 12.6. The molecule has 5 heteroatoms. The average molecular weight is 359 g/mol. The highest BCUT2D eigenvalue weighted by Crippen LogP contribution is 2.31. The molecule has 3 rings (SSSR count). The smallest absolute Gasteiger partial charge is 0.256 e. The summed E-state index contributed by atoms with van der Waals surface area (Å²) in [6.07, 6.45) is 0.161. The Balaban J connectivity index is 1.82. The van der Waals surface area contributed by atoms with Crippen LogP contribution in [0.2, 0.25) is 0 Å². The van der Waals surface area contributed by atoms with Crippen molar-refractivity contribution in [2.24, 2.45) is 0 Å². The second kappa shape index (κ2) is 5.93. The highest BCUT2D eigenvalue weighted by molar-refractivity contribution is 9.10. The van der Waals surface area contributed by atoms with Crippen LogP contribution in [0.15, 0.2) is 53.0 Å². The Labute approximate surface area is 137 Å². The minimum absolute atomic E-state index is 0.161. The van der Waals surface area contributed by atoms with Crippen LogP contribution in [0, 0.1) is 6.92 Å². The van der Waals surface area contributed by atoms with E-state index >= 15 is 0 Å². The Hall–Kier alpha value is -2.14. The lowest BCUT2D eigenvalue weighted by Crippen LogP contribution is -2.35. The van der Waals surface area contributed by atoms with Gasteiger partial charge < -0.3 is 5.32 Å². The molecule has 0 aliphatic carbocycles. The van der Waals surface area contributed by atoms with Crippen molar-refractivity contribution in [3.63, 3.8) is 0 Å². The van der Waals surface area contributed by atoms with Crippen molar-refractivity contribution in [1.82, 2.24) is 0 Å². The summed E-state index contributed by atoms with van der Waals surface area (Å²) in [5, 5.41) is 3.14. The number of hydrogen-bond acceptors (Lipinski definition) is 3. The number of hydrogen-bond donors (Lipinski definition) is 1. The zero-order chi connectivity index (χ0) is 15.7. The highest BCUT2D eigenvalue weighted by atomic mass is 79.9. The molecular weight excluding hydrogens is 344 g/mol. The molecule has 112 valence electrons. The number of halogens is 1. The molecule has 1 heterocycles. The molecule has 0 radical (unpaired) electrons. The van der Waals surface area contributed by atoms with E-state index in [0.29, 0.717) is 5.69 Å². The SMILES string of the molecule is Cc1ccc(NC2CC(=O)N(c3ccccc3Br)C2=O)cc1. The molecule has 22 heavy (non-hydrogen) atoms. The van der Waals surface area contributed by atoms with Gasteiger partial charge in [-0.05, 0) is 47.1 Å². The van der Waals surface area contributed by atoms with E-state index in [9.17, 15) is 9.59 Å². The van der Waals surface area contributed by atoms with Crippen molar-refractivity contribution in [1.29, 1.82) is 0 Å². The molecule has 1 aliphatic rings. The molecule has 1 fully saturated rings. The molecule has 0 bridgehead atoms. The second-order valence-corrected chi connectivity index (χ2v) is 6.14. The first-order valence-corrected chi connectivity index (χ1v) is 7.80. The molecule has 0 spiro atoms. The summed E-state index contributed by atoms with van der Waals surface area (Å²) >= 11 is 3.39. The van der Waals surface area contributed by atoms with Crippen LogP contribution in [-0.4, -0.2) is 17.9 Å². The van der Waals surface area contributed by atoms with Crippen LogP contribution in [0.5, 0.6) is 0 Å². The van der Waals surface area contributed by atoms with Crippen LogP contribution in [0.1, 0.15) is 12.0 Å². The van der Waals surface area contributed by atoms with Crippen LogP contribution in [0.4, 0.5) is 11.4 Å². The van der Waals surface area contributed by atoms with Gasteiger partial charge in [0.05, 0.1) is 12.1 Å². The summed E-state index contributed by atoms with van der Waals surface area (Å²) in [5.74, 6) is -0.418. The van der Waals surface area contributed by atoms with E-state index in [4.69, 9.17) is 0 Å². The molecule has 2 amide bonds. The third-order valence-corrected chi connectivity index (χ3v) is 4.30. The molecule has 4 nitrogen and oxygen atoms in total. The lowest BCUT2D eigenvalue weighted by atomic mass is 10.2. The van der Waals surface area contributed by atoms with Gasteiger partial charge in [-0.15, -0.1) is 0 Å². The van der Waals surface area contributed by atoms with Crippen LogP contribution in [0.3, 0.4) is 0 Å². The fourth-order valence-corrected chi connectivity index (χ4v) is 2.94. The van der Waals surface area contributed by atoms with E-state index in [2.05, 4.69) is 21.2 Å². The fraction of sp³-hybridized carbons (Fsp3) is 0.176. The number of aryl methyl sites for hydroxylation is 1.